The molecule has 1 N–H and O–H groups in total. The molecular weight excluding hydrogens is 252 g/mol. The molecule has 0 aliphatic heterocycles. The minimum Gasteiger partial charge on any atom is -0.493 e. The predicted octanol–water partition coefficient (Wildman–Crippen LogP) is 3.62. The van der Waals surface area contributed by atoms with Crippen LogP contribution in [0.15, 0.2) is 42.5 Å². The highest BCUT2D eigenvalue weighted by molar-refractivity contribution is 5.87. The first-order valence-corrected chi connectivity index (χ1v) is 6.58. The number of benzene rings is 2. The molecule has 2 aromatic carbocycles. The first-order valence-electron chi connectivity index (χ1n) is 6.58. The van der Waals surface area contributed by atoms with Gasteiger partial charge in [0.25, 0.3) is 0 Å². The molecule has 0 atom stereocenters. The van der Waals surface area contributed by atoms with Crippen molar-refractivity contribution in [3.63, 3.8) is 0 Å². The van der Waals surface area contributed by atoms with Gasteiger partial charge in [0.15, 0.2) is 0 Å². The van der Waals surface area contributed by atoms with E-state index in [-0.39, 0.29) is 5.56 Å². The molecule has 0 aromatic heterocycles. The highest BCUT2D eigenvalue weighted by atomic mass is 16.5. The number of aromatic carboxylic acids is 1. The molecule has 0 aliphatic rings. The Balaban J connectivity index is 1.90. The standard InChI is InChI=1S/C17H18O3/c1-12-9-13(2)11-14(10-12)7-8-20-16-5-3-15(4-6-16)17(18)19/h3-6,9-11H,7-8H2,1-2H3,(H,18,19). The number of hydrogen-bond acceptors (Lipinski definition) is 2. The molecule has 0 radical (unpaired) electrons. The Kier molecular flexibility index (Phi) is 4.41. The molecule has 104 valence electrons. The fourth-order valence-electron chi connectivity index (χ4n) is 2.19. The van der Waals surface area contributed by atoms with Gasteiger partial charge < -0.3 is 9.84 Å². The maximum Gasteiger partial charge on any atom is 0.335 e. The lowest BCUT2D eigenvalue weighted by Crippen LogP contribution is -2.02. The quantitative estimate of drug-likeness (QED) is 0.902. The molecule has 2 rings (SSSR count). The van der Waals surface area contributed by atoms with Gasteiger partial charge >= 0.3 is 5.97 Å². The van der Waals surface area contributed by atoms with E-state index in [4.69, 9.17) is 9.84 Å². The van der Waals surface area contributed by atoms with Crippen molar-refractivity contribution in [3.05, 3.63) is 64.7 Å². The topological polar surface area (TPSA) is 46.5 Å². The Labute approximate surface area is 118 Å². The Bertz CT molecular complexity index is 580. The molecule has 20 heavy (non-hydrogen) atoms. The number of hydrogen-bond donors (Lipinski definition) is 1. The molecule has 0 spiro atoms. The van der Waals surface area contributed by atoms with Crippen LogP contribution in [0.2, 0.25) is 0 Å². The Hall–Kier alpha value is -2.29. The summed E-state index contributed by atoms with van der Waals surface area (Å²) in [4.78, 5) is 10.7. The summed E-state index contributed by atoms with van der Waals surface area (Å²) in [5, 5.41) is 8.81. The van der Waals surface area contributed by atoms with Gasteiger partial charge in [-0.3, -0.25) is 0 Å². The lowest BCUT2D eigenvalue weighted by Gasteiger charge is -2.08. The van der Waals surface area contributed by atoms with E-state index in [0.29, 0.717) is 12.4 Å². The van der Waals surface area contributed by atoms with Crippen LogP contribution in [0.4, 0.5) is 0 Å². The van der Waals surface area contributed by atoms with Crippen LogP contribution in [0, 0.1) is 13.8 Å². The summed E-state index contributed by atoms with van der Waals surface area (Å²) < 4.78 is 5.63. The van der Waals surface area contributed by atoms with Gasteiger partial charge in [-0.1, -0.05) is 29.3 Å². The summed E-state index contributed by atoms with van der Waals surface area (Å²) in [6.07, 6.45) is 0.837. The summed E-state index contributed by atoms with van der Waals surface area (Å²) >= 11 is 0. The van der Waals surface area contributed by atoms with Crippen molar-refractivity contribution < 1.29 is 14.6 Å². The van der Waals surface area contributed by atoms with Gasteiger partial charge in [-0.25, -0.2) is 4.79 Å². The highest BCUT2D eigenvalue weighted by Gasteiger charge is 2.02. The average Bonchev–Trinajstić information content (AvgIpc) is 2.38. The lowest BCUT2D eigenvalue weighted by molar-refractivity contribution is 0.0697. The zero-order valence-corrected chi connectivity index (χ0v) is 11.7. The molecule has 2 aromatic rings. The Morgan fingerprint density at radius 1 is 1.05 bits per heavy atom. The van der Waals surface area contributed by atoms with Crippen LogP contribution in [0.5, 0.6) is 5.75 Å². The van der Waals surface area contributed by atoms with Crippen molar-refractivity contribution >= 4 is 5.97 Å². The average molecular weight is 270 g/mol. The summed E-state index contributed by atoms with van der Waals surface area (Å²) in [6, 6.07) is 12.9. The number of carboxylic acid groups (broad SMARTS) is 1. The van der Waals surface area contributed by atoms with E-state index < -0.39 is 5.97 Å². The summed E-state index contributed by atoms with van der Waals surface area (Å²) in [5.41, 5.74) is 4.04. The summed E-state index contributed by atoms with van der Waals surface area (Å²) in [7, 11) is 0. The smallest absolute Gasteiger partial charge is 0.335 e. The zero-order chi connectivity index (χ0) is 14.5. The molecule has 3 nitrogen and oxygen atoms in total. The van der Waals surface area contributed by atoms with Crippen LogP contribution in [0.25, 0.3) is 0 Å². The molecular formula is C17H18O3. The lowest BCUT2D eigenvalue weighted by atomic mass is 10.1. The van der Waals surface area contributed by atoms with E-state index >= 15 is 0 Å². The molecule has 3 heteroatoms. The fraction of sp³-hybridized carbons (Fsp3) is 0.235. The third kappa shape index (κ3) is 3.85. The first kappa shape index (κ1) is 14.1. The van der Waals surface area contributed by atoms with Crippen LogP contribution < -0.4 is 4.74 Å². The molecule has 0 saturated carbocycles. The number of rotatable bonds is 5. The molecule has 0 amide bonds. The van der Waals surface area contributed by atoms with Gasteiger partial charge in [0.2, 0.25) is 0 Å². The molecule has 0 fully saturated rings. The molecule has 0 aliphatic carbocycles. The van der Waals surface area contributed by atoms with Crippen LogP contribution in [-0.4, -0.2) is 17.7 Å². The monoisotopic (exact) mass is 270 g/mol. The van der Waals surface area contributed by atoms with Gasteiger partial charge in [-0.15, -0.1) is 0 Å². The van der Waals surface area contributed by atoms with Crippen LogP contribution >= 0.6 is 0 Å². The second-order valence-corrected chi connectivity index (χ2v) is 4.92. The van der Waals surface area contributed by atoms with E-state index in [1.165, 1.54) is 16.7 Å². The maximum atomic E-state index is 10.7. The number of ether oxygens (including phenoxy) is 1. The Morgan fingerprint density at radius 2 is 1.65 bits per heavy atom. The van der Waals surface area contributed by atoms with Crippen molar-refractivity contribution in [3.8, 4) is 5.75 Å². The van der Waals surface area contributed by atoms with E-state index in [1.54, 1.807) is 24.3 Å². The van der Waals surface area contributed by atoms with Crippen molar-refractivity contribution in [2.24, 2.45) is 0 Å². The van der Waals surface area contributed by atoms with Crippen molar-refractivity contribution in [1.82, 2.24) is 0 Å². The van der Waals surface area contributed by atoms with Crippen molar-refractivity contribution in [1.29, 1.82) is 0 Å². The second-order valence-electron chi connectivity index (χ2n) is 4.92. The van der Waals surface area contributed by atoms with Gasteiger partial charge in [0, 0.05) is 6.42 Å². The fourth-order valence-corrected chi connectivity index (χ4v) is 2.19. The third-order valence-electron chi connectivity index (χ3n) is 3.04. The SMILES string of the molecule is Cc1cc(C)cc(CCOc2ccc(C(=O)O)cc2)c1. The van der Waals surface area contributed by atoms with Crippen molar-refractivity contribution in [2.75, 3.05) is 6.61 Å². The zero-order valence-electron chi connectivity index (χ0n) is 11.7. The van der Waals surface area contributed by atoms with Gasteiger partial charge in [-0.2, -0.15) is 0 Å². The normalized spacial score (nSPS) is 10.3. The molecule has 0 bridgehead atoms. The van der Waals surface area contributed by atoms with E-state index in [2.05, 4.69) is 32.0 Å². The minimum atomic E-state index is -0.924. The van der Waals surface area contributed by atoms with Crippen LogP contribution in [0.1, 0.15) is 27.0 Å². The first-order chi connectivity index (χ1) is 9.54. The molecule has 0 heterocycles. The molecule has 0 unspecified atom stereocenters. The van der Waals surface area contributed by atoms with Gasteiger partial charge in [0.05, 0.1) is 12.2 Å². The highest BCUT2D eigenvalue weighted by Crippen LogP contribution is 2.14. The molecule has 0 saturated heterocycles. The summed E-state index contributed by atoms with van der Waals surface area (Å²) in [5.74, 6) is -0.230. The van der Waals surface area contributed by atoms with Gasteiger partial charge in [-0.05, 0) is 43.7 Å². The largest absolute Gasteiger partial charge is 0.493 e. The second kappa shape index (κ2) is 6.24. The van der Waals surface area contributed by atoms with Crippen LogP contribution in [-0.2, 0) is 6.42 Å². The van der Waals surface area contributed by atoms with E-state index in [0.717, 1.165) is 6.42 Å². The number of carbonyl (C=O) groups is 1. The Morgan fingerprint density at radius 3 is 2.20 bits per heavy atom. The van der Waals surface area contributed by atoms with Gasteiger partial charge in [0.1, 0.15) is 5.75 Å². The number of aryl methyl sites for hydroxylation is 2. The van der Waals surface area contributed by atoms with E-state index in [1.807, 2.05) is 0 Å². The predicted molar refractivity (Wildman–Crippen MR) is 78.5 cm³/mol. The minimum absolute atomic E-state index is 0.270. The van der Waals surface area contributed by atoms with Crippen LogP contribution in [0.3, 0.4) is 0 Å². The van der Waals surface area contributed by atoms with Crippen molar-refractivity contribution in [2.45, 2.75) is 20.3 Å². The third-order valence-corrected chi connectivity index (χ3v) is 3.04. The summed E-state index contributed by atoms with van der Waals surface area (Å²) in [6.45, 7) is 4.75. The maximum absolute atomic E-state index is 10.7. The van der Waals surface area contributed by atoms with E-state index in [9.17, 15) is 4.79 Å². The number of carboxylic acids is 1.